The highest BCUT2D eigenvalue weighted by molar-refractivity contribution is 6.71. The van der Waals surface area contributed by atoms with E-state index in [1.807, 2.05) is 0 Å². The number of hydrogen-bond acceptors (Lipinski definition) is 4. The Balaban J connectivity index is 1.87. The van der Waals surface area contributed by atoms with Gasteiger partial charge in [-0.2, -0.15) is 0 Å². The lowest BCUT2D eigenvalue weighted by Crippen LogP contribution is -2.29. The molecule has 0 saturated carbocycles. The van der Waals surface area contributed by atoms with Gasteiger partial charge in [0.25, 0.3) is 0 Å². The van der Waals surface area contributed by atoms with Crippen molar-refractivity contribution in [3.63, 3.8) is 0 Å². The van der Waals surface area contributed by atoms with Gasteiger partial charge in [-0.1, -0.05) is 48.5 Å². The Labute approximate surface area is 282 Å². The van der Waals surface area contributed by atoms with Crippen LogP contribution >= 0.6 is 0 Å². The van der Waals surface area contributed by atoms with Crippen molar-refractivity contribution in [2.75, 3.05) is 0 Å². The average molecular weight is 687 g/mol. The van der Waals surface area contributed by atoms with E-state index >= 15 is 0 Å². The summed E-state index contributed by atoms with van der Waals surface area (Å²) in [6, 6.07) is 35.0. The SMILES string of the molecule is C[Si](C)(C)Oc1ccc(C(c2ccc(O[Si](C)(C)C)cc2)C(c2ccc(O[Si](C)(C)C)cc2)c2ccc(O[Si](C)(C)C)cc2)cc1. The van der Waals surface area contributed by atoms with Crippen LogP contribution in [0.1, 0.15) is 34.1 Å². The maximum Gasteiger partial charge on any atom is 0.242 e. The first kappa shape index (κ1) is 35.8. The van der Waals surface area contributed by atoms with Crippen LogP contribution in [-0.4, -0.2) is 33.3 Å². The summed E-state index contributed by atoms with van der Waals surface area (Å²) in [5.74, 6) is 3.79. The molecule has 0 aromatic heterocycles. The Morgan fingerprint density at radius 1 is 0.283 bits per heavy atom. The fourth-order valence-corrected chi connectivity index (χ4v) is 8.91. The second-order valence-electron chi connectivity index (χ2n) is 16.1. The van der Waals surface area contributed by atoms with Crippen LogP contribution in [0.4, 0.5) is 0 Å². The second kappa shape index (κ2) is 14.0. The van der Waals surface area contributed by atoms with Crippen LogP contribution in [0.15, 0.2) is 97.1 Å². The van der Waals surface area contributed by atoms with Gasteiger partial charge in [0.2, 0.25) is 33.3 Å². The van der Waals surface area contributed by atoms with E-state index in [2.05, 4.69) is 176 Å². The molecule has 0 spiro atoms. The number of hydrogen-bond donors (Lipinski definition) is 0. The summed E-state index contributed by atoms with van der Waals surface area (Å²) in [7, 11) is -6.93. The van der Waals surface area contributed by atoms with Gasteiger partial charge in [-0.15, -0.1) is 0 Å². The van der Waals surface area contributed by atoms with Gasteiger partial charge in [0.1, 0.15) is 23.0 Å². The van der Waals surface area contributed by atoms with E-state index in [1.165, 1.54) is 22.3 Å². The summed E-state index contributed by atoms with van der Waals surface area (Å²) in [4.78, 5) is 0. The van der Waals surface area contributed by atoms with Crippen molar-refractivity contribution in [3.8, 4) is 23.0 Å². The van der Waals surface area contributed by atoms with E-state index < -0.39 is 33.3 Å². The molecule has 4 rings (SSSR count). The van der Waals surface area contributed by atoms with Gasteiger partial charge < -0.3 is 17.7 Å². The molecule has 0 heterocycles. The topological polar surface area (TPSA) is 36.9 Å². The first-order valence-corrected chi connectivity index (χ1v) is 30.0. The Kier molecular flexibility index (Phi) is 10.9. The van der Waals surface area contributed by atoms with Crippen LogP contribution in [0.5, 0.6) is 23.0 Å². The lowest BCUT2D eigenvalue weighted by atomic mass is 9.73. The van der Waals surface area contributed by atoms with Crippen molar-refractivity contribution < 1.29 is 17.7 Å². The first-order chi connectivity index (χ1) is 21.2. The number of benzene rings is 4. The minimum absolute atomic E-state index is 0.0365. The van der Waals surface area contributed by atoms with E-state index in [1.54, 1.807) is 0 Å². The van der Waals surface area contributed by atoms with E-state index in [0.717, 1.165) is 23.0 Å². The van der Waals surface area contributed by atoms with E-state index in [0.29, 0.717) is 0 Å². The zero-order chi connectivity index (χ0) is 33.9. The molecule has 0 aliphatic carbocycles. The lowest BCUT2D eigenvalue weighted by molar-refractivity contribution is 0.553. The van der Waals surface area contributed by atoms with Gasteiger partial charge in [-0.25, -0.2) is 0 Å². The first-order valence-electron chi connectivity index (χ1n) is 16.4. The van der Waals surface area contributed by atoms with Crippen molar-refractivity contribution in [3.05, 3.63) is 119 Å². The molecule has 0 radical (unpaired) electrons. The highest BCUT2D eigenvalue weighted by Gasteiger charge is 2.30. The monoisotopic (exact) mass is 686 g/mol. The molecule has 0 aliphatic heterocycles. The molecule has 0 bridgehead atoms. The van der Waals surface area contributed by atoms with Gasteiger partial charge in [-0.05, 0) is 149 Å². The number of rotatable bonds is 13. The van der Waals surface area contributed by atoms with E-state index in [-0.39, 0.29) is 11.8 Å². The molecule has 0 unspecified atom stereocenters. The third kappa shape index (κ3) is 11.0. The summed E-state index contributed by atoms with van der Waals surface area (Å²) in [6.07, 6.45) is 0. The Morgan fingerprint density at radius 3 is 0.565 bits per heavy atom. The molecule has 0 amide bonds. The predicted molar refractivity (Wildman–Crippen MR) is 205 cm³/mol. The Morgan fingerprint density at radius 2 is 0.435 bits per heavy atom. The van der Waals surface area contributed by atoms with Crippen molar-refractivity contribution >= 4 is 33.3 Å². The largest absolute Gasteiger partial charge is 0.544 e. The molecule has 4 nitrogen and oxygen atoms in total. The molecular weight excluding hydrogens is 633 g/mol. The van der Waals surface area contributed by atoms with Gasteiger partial charge in [-0.3, -0.25) is 0 Å². The maximum atomic E-state index is 6.34. The molecular formula is C38H54O4Si4. The van der Waals surface area contributed by atoms with E-state index in [9.17, 15) is 0 Å². The van der Waals surface area contributed by atoms with Crippen LogP contribution in [-0.2, 0) is 0 Å². The fraction of sp³-hybridized carbons (Fsp3) is 0.368. The van der Waals surface area contributed by atoms with Crippen molar-refractivity contribution in [1.82, 2.24) is 0 Å². The molecule has 8 heteroatoms. The van der Waals surface area contributed by atoms with Crippen molar-refractivity contribution in [2.45, 2.75) is 90.4 Å². The smallest absolute Gasteiger partial charge is 0.242 e. The standard InChI is InChI=1S/C38H54O4Si4/c1-43(2,3)39-33-21-13-29(14-22-33)37(30-15-23-34(24-16-30)40-44(4,5)6)38(31-17-25-35(26-18-31)41-45(7,8)9)32-19-27-36(28-20-32)42-46(10,11)12/h13-28,37-38H,1-12H3. The summed E-state index contributed by atoms with van der Waals surface area (Å²) in [5.41, 5.74) is 4.93. The van der Waals surface area contributed by atoms with Crippen LogP contribution in [0.2, 0.25) is 78.6 Å². The molecule has 4 aromatic carbocycles. The highest BCUT2D eigenvalue weighted by Crippen LogP contribution is 2.44. The van der Waals surface area contributed by atoms with Gasteiger partial charge in [0.15, 0.2) is 0 Å². The Bertz CT molecular complexity index is 1300. The summed E-state index contributed by atoms with van der Waals surface area (Å²) < 4.78 is 25.4. The maximum absolute atomic E-state index is 6.34. The summed E-state index contributed by atoms with van der Waals surface area (Å²) in [6.45, 7) is 26.6. The Hall–Kier alpha value is -3.05. The molecule has 0 aliphatic rings. The van der Waals surface area contributed by atoms with Crippen LogP contribution < -0.4 is 17.7 Å². The van der Waals surface area contributed by atoms with Crippen molar-refractivity contribution in [2.24, 2.45) is 0 Å². The zero-order valence-corrected chi connectivity index (χ0v) is 34.0. The molecule has 4 aromatic rings. The molecule has 46 heavy (non-hydrogen) atoms. The van der Waals surface area contributed by atoms with Crippen LogP contribution in [0.25, 0.3) is 0 Å². The summed E-state index contributed by atoms with van der Waals surface area (Å²) in [5, 5.41) is 0. The zero-order valence-electron chi connectivity index (χ0n) is 30.0. The molecule has 0 saturated heterocycles. The van der Waals surface area contributed by atoms with Crippen molar-refractivity contribution in [1.29, 1.82) is 0 Å². The quantitative estimate of drug-likeness (QED) is 0.131. The predicted octanol–water partition coefficient (Wildman–Crippen LogP) is 11.5. The minimum atomic E-state index is -1.73. The third-order valence-electron chi connectivity index (χ3n) is 6.99. The lowest BCUT2D eigenvalue weighted by Gasteiger charge is -2.31. The molecule has 0 atom stereocenters. The van der Waals surface area contributed by atoms with Gasteiger partial charge >= 0.3 is 0 Å². The molecule has 0 N–H and O–H groups in total. The second-order valence-corrected chi connectivity index (χ2v) is 33.8. The fourth-order valence-electron chi connectivity index (χ4n) is 5.54. The highest BCUT2D eigenvalue weighted by atomic mass is 28.4. The van der Waals surface area contributed by atoms with Crippen LogP contribution in [0, 0.1) is 0 Å². The molecule has 0 fully saturated rings. The van der Waals surface area contributed by atoms with Gasteiger partial charge in [0.05, 0.1) is 0 Å². The van der Waals surface area contributed by atoms with Gasteiger partial charge in [0, 0.05) is 11.8 Å². The van der Waals surface area contributed by atoms with E-state index in [4.69, 9.17) is 17.7 Å². The van der Waals surface area contributed by atoms with Crippen LogP contribution in [0.3, 0.4) is 0 Å². The normalized spacial score (nSPS) is 12.7. The minimum Gasteiger partial charge on any atom is -0.544 e. The molecule has 246 valence electrons. The summed E-state index contributed by atoms with van der Waals surface area (Å²) >= 11 is 0. The average Bonchev–Trinajstić information content (AvgIpc) is 2.91. The third-order valence-corrected chi connectivity index (χ3v) is 10.4.